The maximum absolute atomic E-state index is 12.2. The molecule has 0 saturated heterocycles. The maximum atomic E-state index is 12.2. The van der Waals surface area contributed by atoms with E-state index in [-0.39, 0.29) is 22.2 Å². The van der Waals surface area contributed by atoms with Gasteiger partial charge in [0, 0.05) is 11.6 Å². The molecule has 18 heavy (non-hydrogen) atoms. The molecule has 4 nitrogen and oxygen atoms in total. The van der Waals surface area contributed by atoms with Crippen LogP contribution in [0.4, 0.5) is 18.9 Å². The van der Waals surface area contributed by atoms with E-state index in [4.69, 9.17) is 11.0 Å². The molecular formula is C11H6F3N3O. The molecule has 0 aliphatic heterocycles. The molecule has 7 heteroatoms. The third-order valence-corrected chi connectivity index (χ3v) is 2.25. The fourth-order valence-electron chi connectivity index (χ4n) is 1.51. The van der Waals surface area contributed by atoms with Crippen molar-refractivity contribution in [2.45, 2.75) is 6.36 Å². The van der Waals surface area contributed by atoms with Crippen LogP contribution in [0, 0.1) is 11.3 Å². The minimum absolute atomic E-state index is 0.0358. The van der Waals surface area contributed by atoms with Gasteiger partial charge in [-0.25, -0.2) is 0 Å². The molecule has 92 valence electrons. The number of nitriles is 1. The van der Waals surface area contributed by atoms with Crippen LogP contribution in [0.2, 0.25) is 0 Å². The highest BCUT2D eigenvalue weighted by Gasteiger charge is 2.32. The molecule has 0 spiro atoms. The van der Waals surface area contributed by atoms with E-state index in [0.29, 0.717) is 0 Å². The fraction of sp³-hybridized carbons (Fsp3) is 0.0909. The first-order valence-electron chi connectivity index (χ1n) is 4.75. The van der Waals surface area contributed by atoms with E-state index in [2.05, 4.69) is 9.72 Å². The van der Waals surface area contributed by atoms with Crippen LogP contribution < -0.4 is 10.5 Å². The Morgan fingerprint density at radius 1 is 1.33 bits per heavy atom. The Balaban J connectivity index is 2.65. The summed E-state index contributed by atoms with van der Waals surface area (Å²) in [5, 5.41) is 9.00. The van der Waals surface area contributed by atoms with Gasteiger partial charge in [0.05, 0.1) is 11.3 Å². The van der Waals surface area contributed by atoms with Crippen LogP contribution in [-0.4, -0.2) is 11.3 Å². The fourth-order valence-corrected chi connectivity index (χ4v) is 1.51. The summed E-state index contributed by atoms with van der Waals surface area (Å²) < 4.78 is 40.4. The van der Waals surface area contributed by atoms with E-state index < -0.39 is 12.1 Å². The Bertz CT molecular complexity index is 646. The van der Waals surface area contributed by atoms with Crippen LogP contribution >= 0.6 is 0 Å². The zero-order chi connectivity index (χ0) is 13.3. The number of ether oxygens (including phenoxy) is 1. The molecule has 0 amide bonds. The Morgan fingerprint density at radius 3 is 2.67 bits per heavy atom. The normalized spacial score (nSPS) is 11.2. The molecule has 0 radical (unpaired) electrons. The van der Waals surface area contributed by atoms with Crippen molar-refractivity contribution in [2.24, 2.45) is 0 Å². The van der Waals surface area contributed by atoms with Gasteiger partial charge >= 0.3 is 6.36 Å². The molecule has 2 N–H and O–H groups in total. The van der Waals surface area contributed by atoms with Gasteiger partial charge in [0.15, 0.2) is 5.75 Å². The second-order valence-corrected chi connectivity index (χ2v) is 3.40. The van der Waals surface area contributed by atoms with Crippen LogP contribution in [0.5, 0.6) is 5.75 Å². The number of halogens is 3. The van der Waals surface area contributed by atoms with Gasteiger partial charge in [-0.05, 0) is 6.07 Å². The molecule has 2 rings (SSSR count). The van der Waals surface area contributed by atoms with Crippen LogP contribution in [0.1, 0.15) is 5.56 Å². The molecule has 0 saturated carbocycles. The molecule has 1 aromatic heterocycles. The summed E-state index contributed by atoms with van der Waals surface area (Å²) in [6, 6.07) is 5.76. The number of aromatic nitrogens is 1. The standard InChI is InChI=1S/C11H6F3N3O/c12-11(13,14)18-8-3-1-2-7-9(16)6(4-15)5-17-10(7)8/h1-3,5H,(H2,16,17). The molecule has 0 unspecified atom stereocenters. The number of benzene rings is 1. The van der Waals surface area contributed by atoms with E-state index >= 15 is 0 Å². The summed E-state index contributed by atoms with van der Waals surface area (Å²) >= 11 is 0. The summed E-state index contributed by atoms with van der Waals surface area (Å²) in [4.78, 5) is 3.77. The van der Waals surface area contributed by atoms with E-state index in [1.807, 2.05) is 0 Å². The molecule has 0 atom stereocenters. The van der Waals surface area contributed by atoms with E-state index in [1.165, 1.54) is 12.1 Å². The predicted octanol–water partition coefficient (Wildman–Crippen LogP) is 2.59. The topological polar surface area (TPSA) is 71.9 Å². The summed E-state index contributed by atoms with van der Waals surface area (Å²) in [6.45, 7) is 0. The highest BCUT2D eigenvalue weighted by molar-refractivity contribution is 5.95. The van der Waals surface area contributed by atoms with Crippen molar-refractivity contribution >= 4 is 16.6 Å². The number of para-hydroxylation sites is 1. The number of alkyl halides is 3. The smallest absolute Gasteiger partial charge is 0.403 e. The lowest BCUT2D eigenvalue weighted by Gasteiger charge is -2.11. The number of nitrogens with two attached hydrogens (primary N) is 1. The van der Waals surface area contributed by atoms with Crippen LogP contribution in [-0.2, 0) is 0 Å². The quantitative estimate of drug-likeness (QED) is 0.847. The third kappa shape index (κ3) is 2.13. The average molecular weight is 253 g/mol. The maximum Gasteiger partial charge on any atom is 0.573 e. The first-order chi connectivity index (χ1) is 8.42. The minimum Gasteiger partial charge on any atom is -0.403 e. The lowest BCUT2D eigenvalue weighted by Crippen LogP contribution is -2.17. The van der Waals surface area contributed by atoms with Crippen molar-refractivity contribution in [2.75, 3.05) is 5.73 Å². The largest absolute Gasteiger partial charge is 0.573 e. The number of hydrogen-bond donors (Lipinski definition) is 1. The van der Waals surface area contributed by atoms with E-state index in [0.717, 1.165) is 12.3 Å². The van der Waals surface area contributed by atoms with Crippen molar-refractivity contribution in [3.63, 3.8) is 0 Å². The second kappa shape index (κ2) is 4.07. The van der Waals surface area contributed by atoms with Crippen LogP contribution in [0.15, 0.2) is 24.4 Å². The molecule has 0 aliphatic carbocycles. The van der Waals surface area contributed by atoms with Gasteiger partial charge in [-0.2, -0.15) is 5.26 Å². The van der Waals surface area contributed by atoms with Gasteiger partial charge in [0.2, 0.25) is 0 Å². The van der Waals surface area contributed by atoms with E-state index in [1.54, 1.807) is 6.07 Å². The Hall–Kier alpha value is -2.49. The zero-order valence-electron chi connectivity index (χ0n) is 8.82. The summed E-state index contributed by atoms with van der Waals surface area (Å²) in [5.41, 5.74) is 5.81. The Kier molecular flexibility index (Phi) is 2.71. The molecule has 0 fully saturated rings. The minimum atomic E-state index is -4.81. The number of nitrogens with zero attached hydrogens (tertiary/aromatic N) is 2. The average Bonchev–Trinajstić information content (AvgIpc) is 2.28. The Labute approximate surface area is 99.4 Å². The lowest BCUT2D eigenvalue weighted by atomic mass is 10.1. The van der Waals surface area contributed by atoms with Gasteiger partial charge in [-0.1, -0.05) is 12.1 Å². The summed E-state index contributed by atoms with van der Waals surface area (Å²) in [5.74, 6) is -0.448. The first kappa shape index (κ1) is 12.0. The number of pyridine rings is 1. The van der Waals surface area contributed by atoms with Gasteiger partial charge in [-0.15, -0.1) is 13.2 Å². The Morgan fingerprint density at radius 2 is 2.06 bits per heavy atom. The summed E-state index contributed by atoms with van der Waals surface area (Å²) in [6.07, 6.45) is -3.69. The molecule has 1 aromatic carbocycles. The highest BCUT2D eigenvalue weighted by atomic mass is 19.4. The molecule has 1 heterocycles. The predicted molar refractivity (Wildman–Crippen MR) is 57.6 cm³/mol. The lowest BCUT2D eigenvalue weighted by molar-refractivity contribution is -0.274. The molecule has 0 aliphatic rings. The van der Waals surface area contributed by atoms with Crippen molar-refractivity contribution in [1.29, 1.82) is 5.26 Å². The van der Waals surface area contributed by atoms with E-state index in [9.17, 15) is 13.2 Å². The molecule has 2 aromatic rings. The van der Waals surface area contributed by atoms with Crippen molar-refractivity contribution in [3.05, 3.63) is 30.0 Å². The van der Waals surface area contributed by atoms with Crippen molar-refractivity contribution < 1.29 is 17.9 Å². The SMILES string of the molecule is N#Cc1cnc2c(OC(F)(F)F)cccc2c1N. The second-order valence-electron chi connectivity index (χ2n) is 3.40. The highest BCUT2D eigenvalue weighted by Crippen LogP contribution is 2.32. The molecule has 0 bridgehead atoms. The van der Waals surface area contributed by atoms with Crippen LogP contribution in [0.3, 0.4) is 0 Å². The monoisotopic (exact) mass is 253 g/mol. The number of fused-ring (bicyclic) bond motifs is 1. The number of nitrogen functional groups attached to an aromatic ring is 1. The number of rotatable bonds is 1. The molecular weight excluding hydrogens is 247 g/mol. The van der Waals surface area contributed by atoms with Crippen LogP contribution in [0.25, 0.3) is 10.9 Å². The summed E-state index contributed by atoms with van der Waals surface area (Å²) in [7, 11) is 0. The van der Waals surface area contributed by atoms with Gasteiger partial charge in [0.25, 0.3) is 0 Å². The zero-order valence-corrected chi connectivity index (χ0v) is 8.82. The van der Waals surface area contributed by atoms with Gasteiger partial charge in [0.1, 0.15) is 11.6 Å². The third-order valence-electron chi connectivity index (χ3n) is 2.25. The van der Waals surface area contributed by atoms with Gasteiger partial charge in [-0.3, -0.25) is 4.98 Å². The number of anilines is 1. The number of hydrogen-bond acceptors (Lipinski definition) is 4. The first-order valence-corrected chi connectivity index (χ1v) is 4.75. The van der Waals surface area contributed by atoms with Gasteiger partial charge < -0.3 is 10.5 Å². The van der Waals surface area contributed by atoms with Crippen molar-refractivity contribution in [3.8, 4) is 11.8 Å². The van der Waals surface area contributed by atoms with Crippen molar-refractivity contribution in [1.82, 2.24) is 4.98 Å².